The van der Waals surface area contributed by atoms with Crippen molar-refractivity contribution in [3.8, 4) is 5.75 Å². The quantitative estimate of drug-likeness (QED) is 0.653. The lowest BCUT2D eigenvalue weighted by Crippen LogP contribution is -2.03. The Bertz CT molecular complexity index is 947. The van der Waals surface area contributed by atoms with Gasteiger partial charge in [-0.05, 0) is 48.9 Å². The Morgan fingerprint density at radius 3 is 2.64 bits per heavy atom. The van der Waals surface area contributed by atoms with Gasteiger partial charge in [0.15, 0.2) is 0 Å². The summed E-state index contributed by atoms with van der Waals surface area (Å²) in [6.07, 6.45) is 3.76. The maximum atomic E-state index is 10.9. The third-order valence-corrected chi connectivity index (χ3v) is 3.81. The van der Waals surface area contributed by atoms with Crippen molar-refractivity contribution < 1.29 is 15.0 Å². The molecule has 0 saturated heterocycles. The first-order valence-corrected chi connectivity index (χ1v) is 7.84. The molecule has 0 aliphatic heterocycles. The van der Waals surface area contributed by atoms with Crippen molar-refractivity contribution in [2.24, 2.45) is 0 Å². The van der Waals surface area contributed by atoms with Crippen molar-refractivity contribution in [2.75, 3.05) is 11.9 Å². The average Bonchev–Trinajstić information content (AvgIpc) is 2.60. The number of hydrogen-bond donors (Lipinski definition) is 3. The highest BCUT2D eigenvalue weighted by Gasteiger charge is 2.02. The number of carbonyl (C=O) groups is 1. The molecule has 0 spiro atoms. The second-order valence-corrected chi connectivity index (χ2v) is 5.87. The Kier molecular flexibility index (Phi) is 4.66. The number of nitrogens with one attached hydrogen (secondary N) is 1. The van der Waals surface area contributed by atoms with E-state index in [1.807, 2.05) is 19.1 Å². The molecular formula is C20H18N2O3. The van der Waals surface area contributed by atoms with Gasteiger partial charge in [-0.3, -0.25) is 4.98 Å². The summed E-state index contributed by atoms with van der Waals surface area (Å²) in [4.78, 5) is 15.2. The Hall–Kier alpha value is -3.34. The van der Waals surface area contributed by atoms with Crippen LogP contribution in [-0.2, 0) is 0 Å². The van der Waals surface area contributed by atoms with E-state index < -0.39 is 5.97 Å². The lowest BCUT2D eigenvalue weighted by Gasteiger charge is -2.08. The number of fused-ring (bicyclic) bond motifs is 1. The molecule has 3 N–H and O–H groups in total. The lowest BCUT2D eigenvalue weighted by atomic mass is 10.1. The second-order valence-electron chi connectivity index (χ2n) is 5.87. The Morgan fingerprint density at radius 1 is 1.16 bits per heavy atom. The molecule has 0 fully saturated rings. The molecule has 1 heterocycles. The van der Waals surface area contributed by atoms with Crippen molar-refractivity contribution >= 4 is 28.6 Å². The van der Waals surface area contributed by atoms with E-state index in [0.717, 1.165) is 27.7 Å². The van der Waals surface area contributed by atoms with Gasteiger partial charge in [0.2, 0.25) is 0 Å². The van der Waals surface area contributed by atoms with Gasteiger partial charge < -0.3 is 15.5 Å². The van der Waals surface area contributed by atoms with Gasteiger partial charge in [0.1, 0.15) is 5.75 Å². The fourth-order valence-electron chi connectivity index (χ4n) is 2.51. The highest BCUT2D eigenvalue weighted by Crippen LogP contribution is 2.21. The summed E-state index contributed by atoms with van der Waals surface area (Å²) < 4.78 is 0. The Morgan fingerprint density at radius 2 is 1.92 bits per heavy atom. The first-order valence-electron chi connectivity index (χ1n) is 7.84. The van der Waals surface area contributed by atoms with E-state index >= 15 is 0 Å². The van der Waals surface area contributed by atoms with Gasteiger partial charge in [-0.15, -0.1) is 0 Å². The van der Waals surface area contributed by atoms with Gasteiger partial charge in [-0.25, -0.2) is 4.79 Å². The maximum Gasteiger partial charge on any atom is 0.335 e. The standard InChI is InChI=1S/C20H18N2O3/c1-13(8-14-2-4-15(5-3-14)20(24)25)11-21-17-9-16-10-18(23)6-7-19(16)22-12-17/h2-10,12,21,23H,11H2,1H3,(H,24,25). The topological polar surface area (TPSA) is 82.5 Å². The zero-order valence-corrected chi connectivity index (χ0v) is 13.7. The average molecular weight is 334 g/mol. The van der Waals surface area contributed by atoms with E-state index in [9.17, 15) is 9.90 Å². The molecule has 0 unspecified atom stereocenters. The molecule has 0 atom stereocenters. The molecule has 2 aromatic carbocycles. The number of nitrogens with zero attached hydrogens (tertiary/aromatic N) is 1. The zero-order chi connectivity index (χ0) is 17.8. The van der Waals surface area contributed by atoms with Crippen LogP contribution in [-0.4, -0.2) is 27.7 Å². The summed E-state index contributed by atoms with van der Waals surface area (Å²) in [5.74, 6) is -0.712. The number of benzene rings is 2. The number of aromatic nitrogens is 1. The molecule has 126 valence electrons. The highest BCUT2D eigenvalue weighted by molar-refractivity contribution is 5.87. The number of carboxylic acids is 1. The smallest absolute Gasteiger partial charge is 0.335 e. The molecule has 1 aromatic heterocycles. The van der Waals surface area contributed by atoms with Crippen LogP contribution >= 0.6 is 0 Å². The third kappa shape index (κ3) is 4.14. The number of rotatable bonds is 5. The number of anilines is 1. The highest BCUT2D eigenvalue weighted by atomic mass is 16.4. The molecule has 0 aliphatic carbocycles. The number of hydrogen-bond acceptors (Lipinski definition) is 4. The van der Waals surface area contributed by atoms with Crippen LogP contribution < -0.4 is 5.32 Å². The molecule has 0 bridgehead atoms. The lowest BCUT2D eigenvalue weighted by molar-refractivity contribution is 0.0697. The first kappa shape index (κ1) is 16.5. The van der Waals surface area contributed by atoms with Gasteiger partial charge >= 0.3 is 5.97 Å². The van der Waals surface area contributed by atoms with Crippen LogP contribution in [0.5, 0.6) is 5.75 Å². The summed E-state index contributed by atoms with van der Waals surface area (Å²) in [7, 11) is 0. The largest absolute Gasteiger partial charge is 0.508 e. The van der Waals surface area contributed by atoms with Gasteiger partial charge in [-0.1, -0.05) is 23.8 Å². The molecule has 0 saturated carbocycles. The number of phenolic OH excluding ortho intramolecular Hbond substituents is 1. The van der Waals surface area contributed by atoms with E-state index in [1.54, 1.807) is 48.7 Å². The number of pyridine rings is 1. The summed E-state index contributed by atoms with van der Waals surface area (Å²) in [5.41, 5.74) is 4.02. The monoisotopic (exact) mass is 334 g/mol. The minimum Gasteiger partial charge on any atom is -0.508 e. The molecule has 25 heavy (non-hydrogen) atoms. The predicted molar refractivity (Wildman–Crippen MR) is 98.9 cm³/mol. The minimum absolute atomic E-state index is 0.215. The molecule has 0 amide bonds. The third-order valence-electron chi connectivity index (χ3n) is 3.81. The van der Waals surface area contributed by atoms with E-state index in [4.69, 9.17) is 5.11 Å². The van der Waals surface area contributed by atoms with Crippen LogP contribution in [0.1, 0.15) is 22.8 Å². The van der Waals surface area contributed by atoms with Crippen molar-refractivity contribution in [1.82, 2.24) is 4.98 Å². The van der Waals surface area contributed by atoms with E-state index in [-0.39, 0.29) is 11.3 Å². The normalized spacial score (nSPS) is 11.5. The Balaban J connectivity index is 1.68. The van der Waals surface area contributed by atoms with Crippen LogP contribution in [0.2, 0.25) is 0 Å². The molecule has 3 aromatic rings. The summed E-state index contributed by atoms with van der Waals surface area (Å²) in [6.45, 7) is 2.63. The molecule has 5 nitrogen and oxygen atoms in total. The van der Waals surface area contributed by atoms with E-state index in [0.29, 0.717) is 6.54 Å². The van der Waals surface area contributed by atoms with Gasteiger partial charge in [0, 0.05) is 11.9 Å². The molecule has 0 radical (unpaired) electrons. The summed E-state index contributed by atoms with van der Waals surface area (Å²) in [5, 5.41) is 22.6. The Labute approximate surface area is 145 Å². The molecule has 3 rings (SSSR count). The van der Waals surface area contributed by atoms with Crippen LogP contribution in [0.25, 0.3) is 17.0 Å². The van der Waals surface area contributed by atoms with Gasteiger partial charge in [-0.2, -0.15) is 0 Å². The maximum absolute atomic E-state index is 10.9. The first-order chi connectivity index (χ1) is 12.0. The fraction of sp³-hybridized carbons (Fsp3) is 0.100. The van der Waals surface area contributed by atoms with Crippen LogP contribution in [0.3, 0.4) is 0 Å². The van der Waals surface area contributed by atoms with Crippen molar-refractivity contribution in [2.45, 2.75) is 6.92 Å². The number of carboxylic acid groups (broad SMARTS) is 1. The van der Waals surface area contributed by atoms with Crippen molar-refractivity contribution in [3.63, 3.8) is 0 Å². The van der Waals surface area contributed by atoms with Crippen LogP contribution in [0.15, 0.2) is 60.3 Å². The fourth-order valence-corrected chi connectivity index (χ4v) is 2.51. The van der Waals surface area contributed by atoms with Gasteiger partial charge in [0.25, 0.3) is 0 Å². The predicted octanol–water partition coefficient (Wildman–Crippen LogP) is 4.15. The van der Waals surface area contributed by atoms with Crippen LogP contribution in [0, 0.1) is 0 Å². The number of aromatic hydroxyl groups is 1. The SMILES string of the molecule is CC(=Cc1ccc(C(=O)O)cc1)CNc1cnc2ccc(O)cc2c1. The number of aromatic carboxylic acids is 1. The molecule has 0 aliphatic rings. The van der Waals surface area contributed by atoms with Crippen molar-refractivity contribution in [1.29, 1.82) is 0 Å². The van der Waals surface area contributed by atoms with Crippen LogP contribution in [0.4, 0.5) is 5.69 Å². The number of phenols is 1. The summed E-state index contributed by atoms with van der Waals surface area (Å²) in [6, 6.07) is 13.8. The molecule has 5 heteroatoms. The van der Waals surface area contributed by atoms with Gasteiger partial charge in [0.05, 0.1) is 23.0 Å². The molecular weight excluding hydrogens is 316 g/mol. The minimum atomic E-state index is -0.927. The van der Waals surface area contributed by atoms with Crippen molar-refractivity contribution in [3.05, 3.63) is 71.4 Å². The zero-order valence-electron chi connectivity index (χ0n) is 13.7. The second kappa shape index (κ2) is 7.05. The summed E-state index contributed by atoms with van der Waals surface area (Å²) >= 11 is 0. The van der Waals surface area contributed by atoms with E-state index in [2.05, 4.69) is 10.3 Å². The van der Waals surface area contributed by atoms with E-state index in [1.165, 1.54) is 0 Å².